The van der Waals surface area contributed by atoms with Crippen molar-refractivity contribution in [1.82, 2.24) is 9.78 Å². The van der Waals surface area contributed by atoms with Gasteiger partial charge in [-0.3, -0.25) is 9.48 Å². The van der Waals surface area contributed by atoms with E-state index in [1.165, 1.54) is 0 Å². The van der Waals surface area contributed by atoms with Crippen molar-refractivity contribution in [2.75, 3.05) is 0 Å². The Balaban J connectivity index is 2.32. The molecule has 106 valence electrons. The third-order valence-corrected chi connectivity index (χ3v) is 3.50. The lowest BCUT2D eigenvalue weighted by Gasteiger charge is -2.06. The Kier molecular flexibility index (Phi) is 4.18. The number of carbonyl (C=O) groups is 1. The van der Waals surface area contributed by atoms with Gasteiger partial charge in [-0.2, -0.15) is 5.10 Å². The van der Waals surface area contributed by atoms with E-state index in [4.69, 9.17) is 11.6 Å². The van der Waals surface area contributed by atoms with E-state index in [1.54, 1.807) is 11.6 Å². The Morgan fingerprint density at radius 2 is 2.10 bits per heavy atom. The number of aryl methyl sites for hydroxylation is 2. The number of Topliss-reactive ketones (excluding diaryl/α,β-unsaturated/α-hetero) is 1. The van der Waals surface area contributed by atoms with E-state index in [1.807, 2.05) is 6.92 Å². The molecule has 2 rings (SSSR count). The Morgan fingerprint density at radius 1 is 1.40 bits per heavy atom. The van der Waals surface area contributed by atoms with Crippen LogP contribution in [-0.4, -0.2) is 15.6 Å². The number of halogens is 3. The average molecular weight is 299 g/mol. The van der Waals surface area contributed by atoms with Crippen molar-refractivity contribution in [3.63, 3.8) is 0 Å². The van der Waals surface area contributed by atoms with Crippen LogP contribution in [0.4, 0.5) is 8.78 Å². The maximum Gasteiger partial charge on any atom is 0.171 e. The highest BCUT2D eigenvalue weighted by atomic mass is 35.5. The van der Waals surface area contributed by atoms with Crippen molar-refractivity contribution in [2.45, 2.75) is 26.8 Å². The highest BCUT2D eigenvalue weighted by molar-refractivity contribution is 6.32. The summed E-state index contributed by atoms with van der Waals surface area (Å²) in [6.45, 7) is 4.16. The number of nitrogens with zero attached hydrogens (tertiary/aromatic N) is 2. The number of aromatic nitrogens is 2. The van der Waals surface area contributed by atoms with Crippen LogP contribution in [-0.2, 0) is 13.0 Å². The molecule has 0 saturated heterocycles. The number of ketones is 1. The lowest BCUT2D eigenvalue weighted by Crippen LogP contribution is -2.11. The van der Waals surface area contributed by atoms with Gasteiger partial charge in [0.1, 0.15) is 11.6 Å². The maximum absolute atomic E-state index is 13.6. The molecule has 1 aromatic carbocycles. The zero-order valence-electron chi connectivity index (χ0n) is 11.1. The van der Waals surface area contributed by atoms with Crippen LogP contribution in [0.25, 0.3) is 0 Å². The Morgan fingerprint density at radius 3 is 2.70 bits per heavy atom. The van der Waals surface area contributed by atoms with Crippen LogP contribution in [0, 0.1) is 18.6 Å². The Labute approximate surface area is 120 Å². The van der Waals surface area contributed by atoms with E-state index in [0.717, 1.165) is 12.1 Å². The molecule has 3 nitrogen and oxygen atoms in total. The van der Waals surface area contributed by atoms with Gasteiger partial charge in [-0.15, -0.1) is 0 Å². The van der Waals surface area contributed by atoms with Gasteiger partial charge in [0, 0.05) is 12.6 Å². The quantitative estimate of drug-likeness (QED) is 0.809. The molecule has 0 bridgehead atoms. The number of hydrogen-bond acceptors (Lipinski definition) is 2. The third kappa shape index (κ3) is 2.72. The highest BCUT2D eigenvalue weighted by Crippen LogP contribution is 2.22. The van der Waals surface area contributed by atoms with E-state index in [0.29, 0.717) is 29.0 Å². The molecule has 0 unspecified atom stereocenters. The van der Waals surface area contributed by atoms with Gasteiger partial charge in [0.25, 0.3) is 0 Å². The van der Waals surface area contributed by atoms with Gasteiger partial charge in [-0.25, -0.2) is 8.78 Å². The van der Waals surface area contributed by atoms with Crippen molar-refractivity contribution >= 4 is 17.4 Å². The highest BCUT2D eigenvalue weighted by Gasteiger charge is 2.19. The summed E-state index contributed by atoms with van der Waals surface area (Å²) in [5, 5.41) is 4.60. The second kappa shape index (κ2) is 5.71. The fourth-order valence-corrected chi connectivity index (χ4v) is 2.20. The van der Waals surface area contributed by atoms with E-state index in [2.05, 4.69) is 5.10 Å². The fraction of sp³-hybridized carbons (Fsp3) is 0.286. The predicted molar refractivity (Wildman–Crippen MR) is 72.0 cm³/mol. The number of carbonyl (C=O) groups excluding carboxylic acids is 1. The zero-order valence-corrected chi connectivity index (χ0v) is 11.8. The predicted octanol–water partition coefficient (Wildman–Crippen LogP) is 3.57. The molecule has 2 aromatic rings. The van der Waals surface area contributed by atoms with E-state index < -0.39 is 17.4 Å². The van der Waals surface area contributed by atoms with E-state index >= 15 is 0 Å². The van der Waals surface area contributed by atoms with Crippen LogP contribution in [0.15, 0.2) is 18.2 Å². The minimum absolute atomic E-state index is 0.0733. The van der Waals surface area contributed by atoms with Gasteiger partial charge >= 0.3 is 0 Å². The normalized spacial score (nSPS) is 10.8. The van der Waals surface area contributed by atoms with Gasteiger partial charge in [0.2, 0.25) is 0 Å². The largest absolute Gasteiger partial charge is 0.294 e. The van der Waals surface area contributed by atoms with Crippen molar-refractivity contribution in [3.8, 4) is 0 Å². The molecule has 1 aromatic heterocycles. The maximum atomic E-state index is 13.6. The molecule has 0 amide bonds. The number of hydrogen-bond donors (Lipinski definition) is 0. The first-order valence-electron chi connectivity index (χ1n) is 6.14. The van der Waals surface area contributed by atoms with Crippen molar-refractivity contribution < 1.29 is 13.6 Å². The molecule has 0 spiro atoms. The summed E-state index contributed by atoms with van der Waals surface area (Å²) in [7, 11) is 0. The first-order chi connectivity index (χ1) is 9.43. The summed E-state index contributed by atoms with van der Waals surface area (Å²) in [5.74, 6) is -2.05. The monoisotopic (exact) mass is 298 g/mol. The van der Waals surface area contributed by atoms with Crippen molar-refractivity contribution in [1.29, 1.82) is 0 Å². The average Bonchev–Trinajstić information content (AvgIpc) is 2.66. The minimum atomic E-state index is -0.870. The van der Waals surface area contributed by atoms with Crippen molar-refractivity contribution in [3.05, 3.63) is 51.8 Å². The fourth-order valence-electron chi connectivity index (χ4n) is 2.00. The van der Waals surface area contributed by atoms with E-state index in [-0.39, 0.29) is 12.0 Å². The second-order valence-electron chi connectivity index (χ2n) is 4.39. The van der Waals surface area contributed by atoms with Crippen LogP contribution in [0.5, 0.6) is 0 Å². The molecule has 0 aliphatic rings. The summed E-state index contributed by atoms with van der Waals surface area (Å²) >= 11 is 6.10. The summed E-state index contributed by atoms with van der Waals surface area (Å²) in [6.07, 6.45) is -0.0733. The second-order valence-corrected chi connectivity index (χ2v) is 4.76. The molecule has 0 aliphatic heterocycles. The number of benzene rings is 1. The van der Waals surface area contributed by atoms with Crippen LogP contribution in [0.2, 0.25) is 5.02 Å². The molecular weight excluding hydrogens is 286 g/mol. The lowest BCUT2D eigenvalue weighted by molar-refractivity contribution is 0.0986. The van der Waals surface area contributed by atoms with E-state index in [9.17, 15) is 13.6 Å². The topological polar surface area (TPSA) is 34.9 Å². The van der Waals surface area contributed by atoms with Crippen molar-refractivity contribution in [2.24, 2.45) is 0 Å². The molecule has 0 N–H and O–H groups in total. The van der Waals surface area contributed by atoms with Crippen LogP contribution >= 0.6 is 11.6 Å². The summed E-state index contributed by atoms with van der Waals surface area (Å²) in [6, 6.07) is 2.89. The molecule has 1 heterocycles. The van der Waals surface area contributed by atoms with Gasteiger partial charge in [0.15, 0.2) is 5.78 Å². The summed E-state index contributed by atoms with van der Waals surface area (Å²) in [4.78, 5) is 12.1. The van der Waals surface area contributed by atoms with Gasteiger partial charge in [-0.1, -0.05) is 11.6 Å². The summed E-state index contributed by atoms with van der Waals surface area (Å²) in [5.41, 5.74) is 1.01. The van der Waals surface area contributed by atoms with Crippen LogP contribution < -0.4 is 0 Å². The Hall–Kier alpha value is -1.75. The SMILES string of the molecule is CCn1nc(C)c(Cl)c1CC(=O)c1ccc(F)cc1F. The molecule has 6 heteroatoms. The number of rotatable bonds is 4. The van der Waals surface area contributed by atoms with Gasteiger partial charge in [0.05, 0.1) is 28.4 Å². The summed E-state index contributed by atoms with van der Waals surface area (Å²) < 4.78 is 28.0. The van der Waals surface area contributed by atoms with Crippen LogP contribution in [0.3, 0.4) is 0 Å². The zero-order chi connectivity index (χ0) is 14.9. The molecule has 20 heavy (non-hydrogen) atoms. The molecule has 0 saturated carbocycles. The third-order valence-electron chi connectivity index (χ3n) is 3.01. The minimum Gasteiger partial charge on any atom is -0.294 e. The molecular formula is C14H13ClF2N2O. The molecule has 0 fully saturated rings. The molecule has 0 aliphatic carbocycles. The molecule has 0 radical (unpaired) electrons. The smallest absolute Gasteiger partial charge is 0.171 e. The van der Waals surface area contributed by atoms with Gasteiger partial charge in [-0.05, 0) is 26.0 Å². The Bertz CT molecular complexity index is 667. The molecule has 0 atom stereocenters. The first kappa shape index (κ1) is 14.7. The lowest BCUT2D eigenvalue weighted by atomic mass is 10.1. The first-order valence-corrected chi connectivity index (χ1v) is 6.51. The van der Waals surface area contributed by atoms with Crippen LogP contribution in [0.1, 0.15) is 28.7 Å². The van der Waals surface area contributed by atoms with Gasteiger partial charge < -0.3 is 0 Å². The standard InChI is InChI=1S/C14H13ClF2N2O/c1-3-19-12(14(15)8(2)18-19)7-13(20)10-5-4-9(16)6-11(10)17/h4-6H,3,7H2,1-2H3.